The van der Waals surface area contributed by atoms with Gasteiger partial charge in [0.15, 0.2) is 0 Å². The first-order valence-corrected chi connectivity index (χ1v) is 6.40. The van der Waals surface area contributed by atoms with Crippen molar-refractivity contribution in [2.75, 3.05) is 20.3 Å². The number of phosphoric ester groups is 1. The minimum absolute atomic E-state index is 0.126. The number of aliphatic hydroxyl groups is 1. The van der Waals surface area contributed by atoms with E-state index >= 15 is 0 Å². The summed E-state index contributed by atoms with van der Waals surface area (Å²) in [5.41, 5.74) is 0. The highest BCUT2D eigenvalue weighted by molar-refractivity contribution is 7.45. The van der Waals surface area contributed by atoms with E-state index in [0.29, 0.717) is 0 Å². The van der Waals surface area contributed by atoms with Crippen molar-refractivity contribution in [2.24, 2.45) is 0 Å². The SMILES string of the molecule is CCOP(=O)([O-])OCC.COC(=O)C(O)C(F)(F)F. The lowest BCUT2D eigenvalue weighted by atomic mass is 10.3. The highest BCUT2D eigenvalue weighted by Crippen LogP contribution is 2.37. The third-order valence-electron chi connectivity index (χ3n) is 1.31. The molecule has 0 spiro atoms. The average Bonchev–Trinajstić information content (AvgIpc) is 2.26. The van der Waals surface area contributed by atoms with Crippen molar-refractivity contribution in [1.82, 2.24) is 0 Å². The minimum Gasteiger partial charge on any atom is -0.756 e. The van der Waals surface area contributed by atoms with Gasteiger partial charge >= 0.3 is 12.1 Å². The number of carbonyl (C=O) groups is 1. The number of methoxy groups -OCH3 is 1. The van der Waals surface area contributed by atoms with Crippen LogP contribution in [0.15, 0.2) is 0 Å². The summed E-state index contributed by atoms with van der Waals surface area (Å²) in [5.74, 6) is -1.70. The molecular weight excluding hydrogens is 296 g/mol. The number of esters is 1. The van der Waals surface area contributed by atoms with Gasteiger partial charge in [0, 0.05) is 0 Å². The van der Waals surface area contributed by atoms with Crippen molar-refractivity contribution in [3.05, 3.63) is 0 Å². The molecule has 0 saturated carbocycles. The highest BCUT2D eigenvalue weighted by atomic mass is 31.2. The van der Waals surface area contributed by atoms with E-state index in [2.05, 4.69) is 13.8 Å². The summed E-state index contributed by atoms with van der Waals surface area (Å²) in [5, 5.41) is 8.05. The Bertz CT molecular complexity index is 297. The van der Waals surface area contributed by atoms with Crippen LogP contribution in [0.4, 0.5) is 13.2 Å². The Kier molecular flexibility index (Phi) is 10.1. The van der Waals surface area contributed by atoms with E-state index in [1.807, 2.05) is 0 Å². The van der Waals surface area contributed by atoms with Crippen LogP contribution in [0.1, 0.15) is 13.8 Å². The zero-order valence-corrected chi connectivity index (χ0v) is 11.4. The molecule has 0 aliphatic carbocycles. The van der Waals surface area contributed by atoms with E-state index in [9.17, 15) is 27.4 Å². The molecule has 0 aliphatic rings. The van der Waals surface area contributed by atoms with Crippen molar-refractivity contribution in [2.45, 2.75) is 26.1 Å². The molecule has 19 heavy (non-hydrogen) atoms. The number of rotatable bonds is 5. The zero-order chi connectivity index (χ0) is 15.7. The molecule has 1 unspecified atom stereocenters. The van der Waals surface area contributed by atoms with Gasteiger partial charge in [0.05, 0.1) is 20.3 Å². The Balaban J connectivity index is 0. The third kappa shape index (κ3) is 10.9. The molecule has 0 amide bonds. The number of hydrogen-bond donors (Lipinski definition) is 1. The number of alkyl halides is 3. The predicted molar refractivity (Wildman–Crippen MR) is 54.9 cm³/mol. The van der Waals surface area contributed by atoms with Crippen LogP contribution in [0.3, 0.4) is 0 Å². The van der Waals surface area contributed by atoms with Crippen molar-refractivity contribution in [1.29, 1.82) is 0 Å². The molecule has 0 fully saturated rings. The fourth-order valence-electron chi connectivity index (χ4n) is 0.599. The first-order valence-electron chi connectivity index (χ1n) is 4.94. The highest BCUT2D eigenvalue weighted by Gasteiger charge is 2.44. The normalized spacial score (nSPS) is 13.3. The van der Waals surface area contributed by atoms with Gasteiger partial charge in [-0.3, -0.25) is 4.57 Å². The monoisotopic (exact) mass is 311 g/mol. The standard InChI is InChI=1S/C4H5F3O3.C4H11O4P/c1-10-3(9)2(8)4(5,6)7;1-3-7-9(5,6)8-4-2/h2,8H,1H3;3-4H2,1-2H3,(H,5,6)/p-1. The molecule has 0 radical (unpaired) electrons. The zero-order valence-electron chi connectivity index (χ0n) is 10.5. The summed E-state index contributed by atoms with van der Waals surface area (Å²) in [7, 11) is -3.18. The molecule has 116 valence electrons. The van der Waals surface area contributed by atoms with Crippen LogP contribution >= 0.6 is 7.82 Å². The van der Waals surface area contributed by atoms with Crippen molar-refractivity contribution < 1.29 is 46.3 Å². The van der Waals surface area contributed by atoms with Crippen LogP contribution in [-0.2, 0) is 23.1 Å². The lowest BCUT2D eigenvalue weighted by Crippen LogP contribution is -2.37. The minimum atomic E-state index is -4.94. The molecule has 0 bridgehead atoms. The molecule has 7 nitrogen and oxygen atoms in total. The maximum absolute atomic E-state index is 11.3. The van der Waals surface area contributed by atoms with Gasteiger partial charge in [-0.05, 0) is 13.8 Å². The van der Waals surface area contributed by atoms with Crippen molar-refractivity contribution in [3.8, 4) is 0 Å². The van der Waals surface area contributed by atoms with Gasteiger partial charge in [-0.15, -0.1) is 0 Å². The van der Waals surface area contributed by atoms with E-state index in [1.165, 1.54) is 0 Å². The van der Waals surface area contributed by atoms with Crippen molar-refractivity contribution in [3.63, 3.8) is 0 Å². The molecular formula is C8H15F3O7P-. The number of phosphoric acid groups is 1. The largest absolute Gasteiger partial charge is 0.756 e. The van der Waals surface area contributed by atoms with Crippen LogP contribution in [0.25, 0.3) is 0 Å². The van der Waals surface area contributed by atoms with E-state index < -0.39 is 26.1 Å². The van der Waals surface area contributed by atoms with Gasteiger partial charge in [-0.1, -0.05) is 0 Å². The van der Waals surface area contributed by atoms with Gasteiger partial charge in [0.25, 0.3) is 7.82 Å². The molecule has 11 heteroatoms. The summed E-state index contributed by atoms with van der Waals surface area (Å²) < 4.78 is 56.5. The molecule has 0 aromatic rings. The smallest absolute Gasteiger partial charge is 0.425 e. The van der Waals surface area contributed by atoms with Crippen LogP contribution in [-0.4, -0.2) is 43.7 Å². The van der Waals surface area contributed by atoms with Crippen LogP contribution in [0, 0.1) is 0 Å². The average molecular weight is 311 g/mol. The lowest BCUT2D eigenvalue weighted by molar-refractivity contribution is -0.224. The Labute approximate surface area is 107 Å². The quantitative estimate of drug-likeness (QED) is 0.586. The second-order valence-electron chi connectivity index (χ2n) is 2.75. The summed E-state index contributed by atoms with van der Waals surface area (Å²) in [6, 6.07) is 0. The number of carbonyl (C=O) groups excluding carboxylic acids is 1. The van der Waals surface area contributed by atoms with Crippen LogP contribution in [0.5, 0.6) is 0 Å². The number of ether oxygens (including phenoxy) is 1. The van der Waals surface area contributed by atoms with Gasteiger partial charge < -0.3 is 23.8 Å². The summed E-state index contributed by atoms with van der Waals surface area (Å²) in [4.78, 5) is 20.4. The Hall–Kier alpha value is -0.670. The molecule has 0 saturated heterocycles. The van der Waals surface area contributed by atoms with Crippen LogP contribution < -0.4 is 4.89 Å². The molecule has 0 aromatic heterocycles. The number of hydrogen-bond acceptors (Lipinski definition) is 7. The Morgan fingerprint density at radius 1 is 1.32 bits per heavy atom. The fraction of sp³-hybridized carbons (Fsp3) is 0.875. The number of halogens is 3. The van der Waals surface area contributed by atoms with Crippen molar-refractivity contribution >= 4 is 13.8 Å². The summed E-state index contributed by atoms with van der Waals surface area (Å²) >= 11 is 0. The van der Waals surface area contributed by atoms with Gasteiger partial charge in [0.2, 0.25) is 6.10 Å². The predicted octanol–water partition coefficient (Wildman–Crippen LogP) is 0.610. The molecule has 0 aromatic carbocycles. The molecule has 0 aliphatic heterocycles. The van der Waals surface area contributed by atoms with E-state index in [-0.39, 0.29) is 13.2 Å². The second-order valence-corrected chi connectivity index (χ2v) is 4.16. The summed E-state index contributed by atoms with van der Waals surface area (Å²) in [6.07, 6.45) is -7.97. The third-order valence-corrected chi connectivity index (χ3v) is 2.46. The number of aliphatic hydroxyl groups excluding tert-OH is 1. The fourth-order valence-corrected chi connectivity index (χ4v) is 1.31. The maximum Gasteiger partial charge on any atom is 0.425 e. The van der Waals surface area contributed by atoms with Gasteiger partial charge in [-0.25, -0.2) is 4.79 Å². The summed E-state index contributed by atoms with van der Waals surface area (Å²) in [6.45, 7) is 3.43. The second kappa shape index (κ2) is 9.27. The van der Waals surface area contributed by atoms with Gasteiger partial charge in [0.1, 0.15) is 0 Å². The molecule has 1 N–H and O–H groups in total. The topological polar surface area (TPSA) is 105 Å². The molecule has 0 rings (SSSR count). The maximum atomic E-state index is 11.3. The Morgan fingerprint density at radius 3 is 1.84 bits per heavy atom. The first-order chi connectivity index (χ1) is 8.51. The van der Waals surface area contributed by atoms with E-state index in [1.54, 1.807) is 13.8 Å². The van der Waals surface area contributed by atoms with Gasteiger partial charge in [-0.2, -0.15) is 13.2 Å². The first kappa shape index (κ1) is 20.6. The lowest BCUT2D eigenvalue weighted by Gasteiger charge is -2.20. The van der Waals surface area contributed by atoms with E-state index in [0.717, 1.165) is 7.11 Å². The molecule has 1 atom stereocenters. The Morgan fingerprint density at radius 2 is 1.68 bits per heavy atom. The van der Waals surface area contributed by atoms with Crippen LogP contribution in [0.2, 0.25) is 0 Å². The van der Waals surface area contributed by atoms with E-state index in [4.69, 9.17) is 5.11 Å². The molecule has 0 heterocycles.